The Hall–Kier alpha value is -2.34. The normalized spacial score (nSPS) is 9.83. The zero-order valence-electron chi connectivity index (χ0n) is 9.09. The fourth-order valence-corrected chi connectivity index (χ4v) is 1.38. The van der Waals surface area contributed by atoms with Crippen molar-refractivity contribution in [3.05, 3.63) is 36.5 Å². The third-order valence-electron chi connectivity index (χ3n) is 2.03. The molecule has 0 spiro atoms. The molecule has 1 heterocycles. The van der Waals surface area contributed by atoms with Crippen LogP contribution in [-0.2, 0) is 0 Å². The quantitative estimate of drug-likeness (QED) is 0.586. The summed E-state index contributed by atoms with van der Waals surface area (Å²) < 4.78 is 0. The molecule has 0 atom stereocenters. The minimum Gasteiger partial charge on any atom is -0.492 e. The van der Waals surface area contributed by atoms with Crippen molar-refractivity contribution in [3.63, 3.8) is 0 Å². The van der Waals surface area contributed by atoms with Crippen LogP contribution in [0.1, 0.15) is 0 Å². The average molecular weight is 265 g/mol. The fourth-order valence-electron chi connectivity index (χ4n) is 1.28. The van der Waals surface area contributed by atoms with E-state index in [-0.39, 0.29) is 17.5 Å². The van der Waals surface area contributed by atoms with Crippen LogP contribution in [0.15, 0.2) is 36.5 Å². The van der Waals surface area contributed by atoms with Gasteiger partial charge in [0.1, 0.15) is 5.69 Å². The first kappa shape index (κ1) is 12.1. The van der Waals surface area contributed by atoms with Crippen molar-refractivity contribution in [2.45, 2.75) is 0 Å². The minimum absolute atomic E-state index is 0.0496. The predicted molar refractivity (Wildman–Crippen MR) is 68.3 cm³/mol. The molecule has 0 fully saturated rings. The smallest absolute Gasteiger partial charge is 0.318 e. The number of anilines is 3. The molecule has 1 aromatic carbocycles. The summed E-state index contributed by atoms with van der Waals surface area (Å²) in [4.78, 5) is 18.3. The maximum Gasteiger partial charge on any atom is 0.318 e. The van der Waals surface area contributed by atoms with Gasteiger partial charge in [-0.2, -0.15) is 4.98 Å². The Morgan fingerprint density at radius 3 is 2.61 bits per heavy atom. The Bertz CT molecular complexity index is 562. The summed E-state index contributed by atoms with van der Waals surface area (Å²) in [5, 5.41) is 13.8. The van der Waals surface area contributed by atoms with E-state index in [0.29, 0.717) is 0 Å². The summed E-state index contributed by atoms with van der Waals surface area (Å²) >= 11 is 5.12. The molecule has 7 heteroatoms. The highest BCUT2D eigenvalue weighted by Gasteiger charge is 2.07. The Labute approximate surface area is 108 Å². The number of nitrogens with one attached hydrogen (secondary N) is 2. The van der Waals surface area contributed by atoms with E-state index in [1.54, 1.807) is 0 Å². The number of carbonyl (C=O) groups excluding carboxylic acids is 1. The molecule has 6 nitrogen and oxygen atoms in total. The second kappa shape index (κ2) is 5.33. The highest BCUT2D eigenvalue weighted by molar-refractivity contribution is 6.65. The number of hydrogen-bond acceptors (Lipinski definition) is 5. The zero-order valence-corrected chi connectivity index (χ0v) is 9.85. The summed E-state index contributed by atoms with van der Waals surface area (Å²) in [7, 11) is 0. The number of para-hydroxylation sites is 1. The van der Waals surface area contributed by atoms with Crippen LogP contribution in [0.5, 0.6) is 5.88 Å². The Kier molecular flexibility index (Phi) is 3.59. The van der Waals surface area contributed by atoms with Gasteiger partial charge < -0.3 is 15.7 Å². The Morgan fingerprint density at radius 1 is 1.28 bits per heavy atom. The first-order valence-electron chi connectivity index (χ1n) is 5.00. The summed E-state index contributed by atoms with van der Waals surface area (Å²) in [6.07, 6.45) is 1.26. The molecule has 0 bridgehead atoms. The molecule has 0 unspecified atom stereocenters. The summed E-state index contributed by atoms with van der Waals surface area (Å²) in [5.41, 5.74) is 0.833. The summed E-state index contributed by atoms with van der Waals surface area (Å²) in [6, 6.07) is 9.24. The van der Waals surface area contributed by atoms with Crippen LogP contribution in [0.3, 0.4) is 0 Å². The molecule has 0 radical (unpaired) electrons. The van der Waals surface area contributed by atoms with Crippen LogP contribution >= 0.6 is 11.6 Å². The zero-order chi connectivity index (χ0) is 13.0. The van der Waals surface area contributed by atoms with Crippen LogP contribution in [0, 0.1) is 0 Å². The van der Waals surface area contributed by atoms with Gasteiger partial charge >= 0.3 is 5.37 Å². The van der Waals surface area contributed by atoms with Crippen molar-refractivity contribution in [1.82, 2.24) is 9.97 Å². The number of carbonyl (C=O) groups is 1. The summed E-state index contributed by atoms with van der Waals surface area (Å²) in [5.74, 6) is -0.149. The van der Waals surface area contributed by atoms with Gasteiger partial charge in [-0.05, 0) is 23.7 Å². The van der Waals surface area contributed by atoms with Gasteiger partial charge in [-0.15, -0.1) is 0 Å². The standard InChI is InChI=1S/C11H9ClN4O2/c12-10(18)15-8-6-13-11(16-9(8)17)14-7-4-2-1-3-5-7/h1-6H,(H,15,18)(H2,13,14,16,17). The lowest BCUT2D eigenvalue weighted by Gasteiger charge is -2.07. The van der Waals surface area contributed by atoms with E-state index in [0.717, 1.165) is 5.69 Å². The number of rotatable bonds is 3. The van der Waals surface area contributed by atoms with Gasteiger partial charge in [-0.1, -0.05) is 18.2 Å². The number of benzene rings is 1. The first-order chi connectivity index (χ1) is 8.65. The lowest BCUT2D eigenvalue weighted by atomic mass is 10.3. The molecular formula is C11H9ClN4O2. The molecule has 18 heavy (non-hydrogen) atoms. The molecule has 0 aliphatic carbocycles. The van der Waals surface area contributed by atoms with Crippen LogP contribution in [0.4, 0.5) is 22.1 Å². The van der Waals surface area contributed by atoms with Crippen molar-refractivity contribution in [1.29, 1.82) is 0 Å². The second-order valence-corrected chi connectivity index (χ2v) is 3.66. The number of halogens is 1. The first-order valence-corrected chi connectivity index (χ1v) is 5.37. The van der Waals surface area contributed by atoms with Gasteiger partial charge in [-0.25, -0.2) is 4.98 Å². The van der Waals surface area contributed by atoms with E-state index in [1.165, 1.54) is 6.20 Å². The van der Waals surface area contributed by atoms with Gasteiger partial charge in [-0.3, -0.25) is 4.79 Å². The lowest BCUT2D eigenvalue weighted by Crippen LogP contribution is -2.04. The van der Waals surface area contributed by atoms with Crippen LogP contribution in [0.25, 0.3) is 0 Å². The molecule has 92 valence electrons. The predicted octanol–water partition coefficient (Wildman–Crippen LogP) is 2.70. The molecule has 1 aromatic heterocycles. The van der Waals surface area contributed by atoms with Crippen molar-refractivity contribution >= 4 is 34.3 Å². The highest BCUT2D eigenvalue weighted by atomic mass is 35.5. The number of amides is 1. The number of hydrogen-bond donors (Lipinski definition) is 3. The maximum atomic E-state index is 10.6. The van der Waals surface area contributed by atoms with Crippen molar-refractivity contribution < 1.29 is 9.90 Å². The SMILES string of the molecule is O=C(Cl)Nc1cnc(Nc2ccccc2)nc1O. The number of aromatic nitrogens is 2. The van der Waals surface area contributed by atoms with Crippen LogP contribution in [0.2, 0.25) is 0 Å². The number of aromatic hydroxyl groups is 1. The van der Waals surface area contributed by atoms with Crippen molar-refractivity contribution in [2.75, 3.05) is 10.6 Å². The molecule has 1 amide bonds. The Morgan fingerprint density at radius 2 is 2.00 bits per heavy atom. The average Bonchev–Trinajstić information content (AvgIpc) is 2.33. The molecule has 2 rings (SSSR count). The lowest BCUT2D eigenvalue weighted by molar-refractivity contribution is 0.268. The number of nitrogens with zero attached hydrogens (tertiary/aromatic N) is 2. The molecule has 2 aromatic rings. The topological polar surface area (TPSA) is 87.1 Å². The third kappa shape index (κ3) is 3.08. The molecule has 3 N–H and O–H groups in total. The largest absolute Gasteiger partial charge is 0.492 e. The molecule has 0 aliphatic heterocycles. The van der Waals surface area contributed by atoms with Gasteiger partial charge in [0.15, 0.2) is 0 Å². The van der Waals surface area contributed by atoms with Crippen molar-refractivity contribution in [3.8, 4) is 5.88 Å². The van der Waals surface area contributed by atoms with E-state index >= 15 is 0 Å². The van der Waals surface area contributed by atoms with Crippen LogP contribution in [-0.4, -0.2) is 20.4 Å². The van der Waals surface area contributed by atoms with Gasteiger partial charge in [0.05, 0.1) is 6.20 Å². The molecular weight excluding hydrogens is 256 g/mol. The van der Waals surface area contributed by atoms with Crippen molar-refractivity contribution in [2.24, 2.45) is 0 Å². The molecule has 0 saturated carbocycles. The highest BCUT2D eigenvalue weighted by Crippen LogP contribution is 2.22. The second-order valence-electron chi connectivity index (χ2n) is 3.32. The fraction of sp³-hybridized carbons (Fsp3) is 0. The van der Waals surface area contributed by atoms with Gasteiger partial charge in [0, 0.05) is 5.69 Å². The van der Waals surface area contributed by atoms with E-state index in [9.17, 15) is 9.90 Å². The van der Waals surface area contributed by atoms with Crippen LogP contribution < -0.4 is 10.6 Å². The molecule has 0 aliphatic rings. The maximum absolute atomic E-state index is 10.6. The van der Waals surface area contributed by atoms with E-state index in [1.807, 2.05) is 30.3 Å². The Balaban J connectivity index is 2.16. The monoisotopic (exact) mass is 264 g/mol. The van der Waals surface area contributed by atoms with E-state index < -0.39 is 5.37 Å². The third-order valence-corrected chi connectivity index (χ3v) is 2.13. The van der Waals surface area contributed by atoms with Gasteiger partial charge in [0.2, 0.25) is 11.8 Å². The molecule has 0 saturated heterocycles. The minimum atomic E-state index is -0.822. The van der Waals surface area contributed by atoms with E-state index in [4.69, 9.17) is 11.6 Å². The summed E-state index contributed by atoms with van der Waals surface area (Å²) in [6.45, 7) is 0. The van der Waals surface area contributed by atoms with E-state index in [2.05, 4.69) is 20.6 Å². The van der Waals surface area contributed by atoms with Gasteiger partial charge in [0.25, 0.3) is 0 Å².